The van der Waals surface area contributed by atoms with Crippen LogP contribution in [-0.2, 0) is 4.79 Å². The molecule has 102 valence electrons. The van der Waals surface area contributed by atoms with Gasteiger partial charge in [0.05, 0.1) is 0 Å². The van der Waals surface area contributed by atoms with Crippen LogP contribution in [0.1, 0.15) is 16.7 Å². The fraction of sp³-hybridized carbons (Fsp3) is 0.118. The van der Waals surface area contributed by atoms with Crippen LogP contribution >= 0.6 is 0 Å². The standard InChI is InChI=1S/C17H15FO2/c1-12-3-9-16(13(2)11-12)20-17(19)10-6-14-4-7-15(18)8-5-14/h3-11H,1-2H3/b10-6+. The van der Waals surface area contributed by atoms with Crippen LogP contribution in [0.25, 0.3) is 6.08 Å². The number of carbonyl (C=O) groups excluding carboxylic acids is 1. The van der Waals surface area contributed by atoms with Crippen molar-refractivity contribution in [2.75, 3.05) is 0 Å². The summed E-state index contributed by atoms with van der Waals surface area (Å²) in [4.78, 5) is 11.7. The van der Waals surface area contributed by atoms with Crippen LogP contribution in [0.5, 0.6) is 5.75 Å². The van der Waals surface area contributed by atoms with Gasteiger partial charge in [0, 0.05) is 6.08 Å². The summed E-state index contributed by atoms with van der Waals surface area (Å²) >= 11 is 0. The molecule has 0 atom stereocenters. The molecule has 0 bridgehead atoms. The average molecular weight is 270 g/mol. The SMILES string of the molecule is Cc1ccc(OC(=O)/C=C/c2ccc(F)cc2)c(C)c1. The molecule has 20 heavy (non-hydrogen) atoms. The van der Waals surface area contributed by atoms with E-state index in [1.165, 1.54) is 18.2 Å². The first-order valence-electron chi connectivity index (χ1n) is 6.27. The summed E-state index contributed by atoms with van der Waals surface area (Å²) in [6, 6.07) is 11.5. The summed E-state index contributed by atoms with van der Waals surface area (Å²) in [5, 5.41) is 0. The Balaban J connectivity index is 2.03. The zero-order chi connectivity index (χ0) is 14.5. The molecule has 0 fully saturated rings. The van der Waals surface area contributed by atoms with Gasteiger partial charge >= 0.3 is 5.97 Å². The van der Waals surface area contributed by atoms with E-state index in [0.717, 1.165) is 16.7 Å². The minimum atomic E-state index is -0.457. The smallest absolute Gasteiger partial charge is 0.336 e. The number of carbonyl (C=O) groups is 1. The number of esters is 1. The molecule has 0 saturated heterocycles. The number of hydrogen-bond donors (Lipinski definition) is 0. The fourth-order valence-corrected chi connectivity index (χ4v) is 1.79. The third-order valence-corrected chi connectivity index (χ3v) is 2.82. The molecule has 0 heterocycles. The van der Waals surface area contributed by atoms with E-state index in [1.807, 2.05) is 26.0 Å². The van der Waals surface area contributed by atoms with Gasteiger partial charge in [0.1, 0.15) is 11.6 Å². The highest BCUT2D eigenvalue weighted by molar-refractivity contribution is 5.88. The zero-order valence-electron chi connectivity index (χ0n) is 11.4. The maximum absolute atomic E-state index is 12.7. The molecule has 0 N–H and O–H groups in total. The van der Waals surface area contributed by atoms with Crippen LogP contribution in [0.4, 0.5) is 4.39 Å². The molecule has 2 rings (SSSR count). The van der Waals surface area contributed by atoms with E-state index < -0.39 is 5.97 Å². The van der Waals surface area contributed by atoms with E-state index in [0.29, 0.717) is 5.75 Å². The van der Waals surface area contributed by atoms with E-state index in [2.05, 4.69) is 0 Å². The molecule has 2 aromatic carbocycles. The topological polar surface area (TPSA) is 26.3 Å². The van der Waals surface area contributed by atoms with Crippen LogP contribution in [0.2, 0.25) is 0 Å². The van der Waals surface area contributed by atoms with Crippen molar-refractivity contribution in [2.45, 2.75) is 13.8 Å². The Labute approximate surface area is 117 Å². The van der Waals surface area contributed by atoms with Crippen molar-refractivity contribution >= 4 is 12.0 Å². The average Bonchev–Trinajstić information content (AvgIpc) is 2.41. The molecule has 0 spiro atoms. The first kappa shape index (κ1) is 14.0. The molecular weight excluding hydrogens is 255 g/mol. The lowest BCUT2D eigenvalue weighted by Crippen LogP contribution is -2.04. The van der Waals surface area contributed by atoms with Gasteiger partial charge in [-0.05, 0) is 49.2 Å². The monoisotopic (exact) mass is 270 g/mol. The highest BCUT2D eigenvalue weighted by Gasteiger charge is 2.04. The Morgan fingerprint density at radius 3 is 2.45 bits per heavy atom. The van der Waals surface area contributed by atoms with Crippen LogP contribution < -0.4 is 4.74 Å². The van der Waals surface area contributed by atoms with Gasteiger partial charge in [0.25, 0.3) is 0 Å². The molecule has 0 aliphatic rings. The molecule has 0 radical (unpaired) electrons. The minimum absolute atomic E-state index is 0.306. The molecule has 2 nitrogen and oxygen atoms in total. The van der Waals surface area contributed by atoms with E-state index in [-0.39, 0.29) is 5.82 Å². The van der Waals surface area contributed by atoms with Gasteiger partial charge in [-0.3, -0.25) is 0 Å². The van der Waals surface area contributed by atoms with Gasteiger partial charge in [0.15, 0.2) is 0 Å². The largest absolute Gasteiger partial charge is 0.423 e. The molecule has 0 saturated carbocycles. The van der Waals surface area contributed by atoms with Gasteiger partial charge in [0.2, 0.25) is 0 Å². The Bertz CT molecular complexity index is 643. The Morgan fingerprint density at radius 2 is 1.80 bits per heavy atom. The number of halogens is 1. The summed E-state index contributed by atoms with van der Waals surface area (Å²) in [5.41, 5.74) is 2.77. The maximum Gasteiger partial charge on any atom is 0.336 e. The lowest BCUT2D eigenvalue weighted by molar-refractivity contribution is -0.128. The molecule has 0 aromatic heterocycles. The highest BCUT2D eigenvalue weighted by Crippen LogP contribution is 2.19. The molecule has 3 heteroatoms. The van der Waals surface area contributed by atoms with E-state index >= 15 is 0 Å². The minimum Gasteiger partial charge on any atom is -0.423 e. The van der Waals surface area contributed by atoms with Gasteiger partial charge in [-0.15, -0.1) is 0 Å². The van der Waals surface area contributed by atoms with Crippen LogP contribution in [0.15, 0.2) is 48.5 Å². The Kier molecular flexibility index (Phi) is 4.31. The van der Waals surface area contributed by atoms with Gasteiger partial charge < -0.3 is 4.74 Å². The van der Waals surface area contributed by atoms with Crippen LogP contribution in [0.3, 0.4) is 0 Å². The highest BCUT2D eigenvalue weighted by atomic mass is 19.1. The third kappa shape index (κ3) is 3.79. The molecule has 0 amide bonds. The molecule has 0 aliphatic carbocycles. The normalized spacial score (nSPS) is 10.8. The number of benzene rings is 2. The molecular formula is C17H15FO2. The number of rotatable bonds is 3. The van der Waals surface area contributed by atoms with Gasteiger partial charge in [-0.2, -0.15) is 0 Å². The van der Waals surface area contributed by atoms with E-state index in [1.54, 1.807) is 24.3 Å². The maximum atomic E-state index is 12.7. The van der Waals surface area contributed by atoms with Crippen LogP contribution in [-0.4, -0.2) is 5.97 Å². The molecule has 0 unspecified atom stereocenters. The van der Waals surface area contributed by atoms with E-state index in [4.69, 9.17) is 4.74 Å². The van der Waals surface area contributed by atoms with Crippen molar-refractivity contribution in [3.05, 3.63) is 71.0 Å². The van der Waals surface area contributed by atoms with Crippen molar-refractivity contribution < 1.29 is 13.9 Å². The van der Waals surface area contributed by atoms with Gasteiger partial charge in [-0.25, -0.2) is 9.18 Å². The van der Waals surface area contributed by atoms with Crippen molar-refractivity contribution in [3.8, 4) is 5.75 Å². The Hall–Kier alpha value is -2.42. The summed E-state index contributed by atoms with van der Waals surface area (Å²) in [6.45, 7) is 3.87. The summed E-state index contributed by atoms with van der Waals surface area (Å²) in [5.74, 6) is -0.217. The summed E-state index contributed by atoms with van der Waals surface area (Å²) in [7, 11) is 0. The quantitative estimate of drug-likeness (QED) is 0.477. The predicted molar refractivity (Wildman–Crippen MR) is 77.0 cm³/mol. The molecule has 2 aromatic rings. The number of hydrogen-bond acceptors (Lipinski definition) is 2. The lowest BCUT2D eigenvalue weighted by Gasteiger charge is -2.05. The third-order valence-electron chi connectivity index (χ3n) is 2.82. The fourth-order valence-electron chi connectivity index (χ4n) is 1.79. The summed E-state index contributed by atoms with van der Waals surface area (Å²) in [6.07, 6.45) is 2.91. The van der Waals surface area contributed by atoms with Crippen molar-refractivity contribution in [1.29, 1.82) is 0 Å². The lowest BCUT2D eigenvalue weighted by atomic mass is 10.1. The number of ether oxygens (including phenoxy) is 1. The predicted octanol–water partition coefficient (Wildman–Crippen LogP) is 4.06. The first-order valence-corrected chi connectivity index (χ1v) is 6.27. The van der Waals surface area contributed by atoms with E-state index in [9.17, 15) is 9.18 Å². The van der Waals surface area contributed by atoms with Crippen molar-refractivity contribution in [1.82, 2.24) is 0 Å². The second kappa shape index (κ2) is 6.15. The van der Waals surface area contributed by atoms with Crippen molar-refractivity contribution in [2.24, 2.45) is 0 Å². The van der Waals surface area contributed by atoms with Crippen molar-refractivity contribution in [3.63, 3.8) is 0 Å². The Morgan fingerprint density at radius 1 is 1.10 bits per heavy atom. The first-order chi connectivity index (χ1) is 9.54. The second-order valence-electron chi connectivity index (χ2n) is 4.57. The van der Waals surface area contributed by atoms with Gasteiger partial charge in [-0.1, -0.05) is 29.8 Å². The molecule has 0 aliphatic heterocycles. The van der Waals surface area contributed by atoms with Crippen LogP contribution in [0, 0.1) is 19.7 Å². The number of aryl methyl sites for hydroxylation is 2. The zero-order valence-corrected chi connectivity index (χ0v) is 11.4. The summed E-state index contributed by atoms with van der Waals surface area (Å²) < 4.78 is 18.0. The second-order valence-corrected chi connectivity index (χ2v) is 4.57.